The van der Waals surface area contributed by atoms with Crippen LogP contribution in [0, 0.1) is 6.92 Å². The summed E-state index contributed by atoms with van der Waals surface area (Å²) in [7, 11) is -3.36. The lowest BCUT2D eigenvalue weighted by Gasteiger charge is -2.09. The van der Waals surface area contributed by atoms with Crippen LogP contribution in [0.25, 0.3) is 0 Å². The fraction of sp³-hybridized carbons (Fsp3) is 0.333. The van der Waals surface area contributed by atoms with Gasteiger partial charge in [0.05, 0.1) is 11.4 Å². The highest BCUT2D eigenvalue weighted by Gasteiger charge is 2.11. The van der Waals surface area contributed by atoms with E-state index < -0.39 is 10.0 Å². The molecule has 2 rings (SSSR count). The fourth-order valence-electron chi connectivity index (χ4n) is 1.86. The Morgan fingerprint density at radius 2 is 1.83 bits per heavy atom. The Labute approximate surface area is 144 Å². The zero-order valence-electron chi connectivity index (χ0n) is 13.0. The number of anilines is 3. The molecule has 0 bridgehead atoms. The molecule has 0 saturated carbocycles. The molecule has 0 aliphatic heterocycles. The lowest BCUT2D eigenvalue weighted by molar-refractivity contribution is 0.597. The predicted octanol–water partition coefficient (Wildman–Crippen LogP) is 3.83. The number of rotatable bonds is 7. The number of aryl methyl sites for hydroxylation is 1. The van der Waals surface area contributed by atoms with Crippen LogP contribution >= 0.6 is 15.9 Å². The van der Waals surface area contributed by atoms with Crippen molar-refractivity contribution in [2.24, 2.45) is 0 Å². The maximum absolute atomic E-state index is 11.8. The van der Waals surface area contributed by atoms with Crippen molar-refractivity contribution in [2.45, 2.75) is 26.7 Å². The van der Waals surface area contributed by atoms with Crippen LogP contribution in [0.15, 0.2) is 34.8 Å². The standard InChI is InChI=1S/C15H19BrN4O2S/c1-3-4-9-23(21,22)20-15-8-7-14(18-19-15)17-13-6-5-11(2)10-12(13)16/h5-8,10H,3-4,9H2,1-2H3,(H,17,18)(H,19,20). The fourth-order valence-corrected chi connectivity index (χ4v) is 3.65. The lowest BCUT2D eigenvalue weighted by Crippen LogP contribution is -2.17. The molecule has 0 aliphatic rings. The number of hydrogen-bond acceptors (Lipinski definition) is 5. The number of nitrogens with one attached hydrogen (secondary N) is 2. The van der Waals surface area contributed by atoms with Crippen LogP contribution in [-0.4, -0.2) is 24.4 Å². The Balaban J connectivity index is 2.05. The largest absolute Gasteiger partial charge is 0.338 e. The van der Waals surface area contributed by atoms with Crippen LogP contribution in [0.4, 0.5) is 17.3 Å². The van der Waals surface area contributed by atoms with Crippen molar-refractivity contribution in [1.29, 1.82) is 0 Å². The third-order valence-corrected chi connectivity index (χ3v) is 5.08. The van der Waals surface area contributed by atoms with Gasteiger partial charge in [0.25, 0.3) is 0 Å². The summed E-state index contributed by atoms with van der Waals surface area (Å²) in [4.78, 5) is 0. The van der Waals surface area contributed by atoms with Crippen molar-refractivity contribution >= 4 is 43.3 Å². The van der Waals surface area contributed by atoms with Gasteiger partial charge in [-0.3, -0.25) is 4.72 Å². The Bertz CT molecular complexity index is 764. The van der Waals surface area contributed by atoms with Gasteiger partial charge in [0, 0.05) is 4.47 Å². The number of nitrogens with zero attached hydrogens (tertiary/aromatic N) is 2. The van der Waals surface area contributed by atoms with Gasteiger partial charge in [-0.15, -0.1) is 10.2 Å². The molecule has 0 saturated heterocycles. The molecule has 2 aromatic rings. The van der Waals surface area contributed by atoms with Gasteiger partial charge < -0.3 is 5.32 Å². The number of benzene rings is 1. The van der Waals surface area contributed by atoms with Crippen LogP contribution in [-0.2, 0) is 10.0 Å². The molecule has 2 N–H and O–H groups in total. The second kappa shape index (κ2) is 7.74. The number of aromatic nitrogens is 2. The maximum atomic E-state index is 11.8. The number of unbranched alkanes of at least 4 members (excludes halogenated alkanes) is 1. The first-order chi connectivity index (χ1) is 10.9. The molecule has 8 heteroatoms. The normalized spacial score (nSPS) is 11.3. The molecule has 1 aromatic heterocycles. The molecule has 0 spiro atoms. The average molecular weight is 399 g/mol. The summed E-state index contributed by atoms with van der Waals surface area (Å²) in [5.74, 6) is 0.835. The molecular formula is C15H19BrN4O2S. The Morgan fingerprint density at radius 1 is 1.13 bits per heavy atom. The van der Waals surface area contributed by atoms with E-state index in [2.05, 4.69) is 36.2 Å². The monoisotopic (exact) mass is 398 g/mol. The summed E-state index contributed by atoms with van der Waals surface area (Å²) in [5.41, 5.74) is 2.01. The minimum atomic E-state index is -3.36. The molecule has 1 aromatic carbocycles. The van der Waals surface area contributed by atoms with Gasteiger partial charge in [-0.25, -0.2) is 8.42 Å². The predicted molar refractivity (Wildman–Crippen MR) is 96.5 cm³/mol. The van der Waals surface area contributed by atoms with Gasteiger partial charge in [0.1, 0.15) is 0 Å². The minimum Gasteiger partial charge on any atom is -0.338 e. The zero-order chi connectivity index (χ0) is 16.9. The molecule has 0 radical (unpaired) electrons. The number of halogens is 1. The first-order valence-electron chi connectivity index (χ1n) is 7.27. The van der Waals surface area contributed by atoms with Gasteiger partial charge in [0.2, 0.25) is 10.0 Å². The summed E-state index contributed by atoms with van der Waals surface area (Å²) in [6.45, 7) is 3.95. The van der Waals surface area contributed by atoms with E-state index in [9.17, 15) is 8.42 Å². The summed E-state index contributed by atoms with van der Waals surface area (Å²) >= 11 is 3.48. The SMILES string of the molecule is CCCCS(=O)(=O)Nc1ccc(Nc2ccc(C)cc2Br)nn1. The second-order valence-corrected chi connectivity index (χ2v) is 7.88. The molecule has 1 heterocycles. The Hall–Kier alpha value is -1.67. The Morgan fingerprint density at radius 3 is 2.43 bits per heavy atom. The van der Waals surface area contributed by atoms with Crippen LogP contribution in [0.1, 0.15) is 25.3 Å². The molecule has 0 amide bonds. The molecule has 0 unspecified atom stereocenters. The number of hydrogen-bond donors (Lipinski definition) is 2. The molecule has 124 valence electrons. The highest BCUT2D eigenvalue weighted by Crippen LogP contribution is 2.26. The van der Waals surface area contributed by atoms with Crippen molar-refractivity contribution in [2.75, 3.05) is 15.8 Å². The van der Waals surface area contributed by atoms with Gasteiger partial charge >= 0.3 is 0 Å². The van der Waals surface area contributed by atoms with E-state index >= 15 is 0 Å². The summed E-state index contributed by atoms with van der Waals surface area (Å²) in [6.07, 6.45) is 1.44. The van der Waals surface area contributed by atoms with E-state index in [0.29, 0.717) is 12.2 Å². The van der Waals surface area contributed by atoms with E-state index in [1.54, 1.807) is 12.1 Å². The second-order valence-electron chi connectivity index (χ2n) is 5.19. The van der Waals surface area contributed by atoms with Crippen LogP contribution in [0.2, 0.25) is 0 Å². The molecular weight excluding hydrogens is 380 g/mol. The topological polar surface area (TPSA) is 84.0 Å². The highest BCUT2D eigenvalue weighted by atomic mass is 79.9. The molecule has 0 fully saturated rings. The van der Waals surface area contributed by atoms with Crippen LogP contribution in [0.5, 0.6) is 0 Å². The lowest BCUT2D eigenvalue weighted by atomic mass is 10.2. The van der Waals surface area contributed by atoms with Crippen LogP contribution < -0.4 is 10.0 Å². The smallest absolute Gasteiger partial charge is 0.233 e. The summed E-state index contributed by atoms with van der Waals surface area (Å²) in [6, 6.07) is 9.17. The molecule has 0 atom stereocenters. The van der Waals surface area contributed by atoms with Crippen LogP contribution in [0.3, 0.4) is 0 Å². The molecule has 6 nitrogen and oxygen atoms in total. The zero-order valence-corrected chi connectivity index (χ0v) is 15.4. The first kappa shape index (κ1) is 17.7. The highest BCUT2D eigenvalue weighted by molar-refractivity contribution is 9.10. The quantitative estimate of drug-likeness (QED) is 0.739. The summed E-state index contributed by atoms with van der Waals surface area (Å²) < 4.78 is 27.0. The molecule has 23 heavy (non-hydrogen) atoms. The Kier molecular flexibility index (Phi) is 5.95. The average Bonchev–Trinajstić information content (AvgIpc) is 2.50. The van der Waals surface area contributed by atoms with Gasteiger partial charge in [0.15, 0.2) is 11.6 Å². The van der Waals surface area contributed by atoms with E-state index in [-0.39, 0.29) is 11.6 Å². The van der Waals surface area contributed by atoms with Crippen molar-refractivity contribution < 1.29 is 8.42 Å². The van der Waals surface area contributed by atoms with Gasteiger partial charge in [-0.1, -0.05) is 19.4 Å². The first-order valence-corrected chi connectivity index (χ1v) is 9.71. The van der Waals surface area contributed by atoms with Crippen molar-refractivity contribution in [3.63, 3.8) is 0 Å². The van der Waals surface area contributed by atoms with Gasteiger partial charge in [-0.05, 0) is 59.1 Å². The van der Waals surface area contributed by atoms with E-state index in [4.69, 9.17) is 0 Å². The van der Waals surface area contributed by atoms with E-state index in [1.807, 2.05) is 32.0 Å². The summed E-state index contributed by atoms with van der Waals surface area (Å²) in [5, 5.41) is 11.0. The van der Waals surface area contributed by atoms with Gasteiger partial charge in [-0.2, -0.15) is 0 Å². The van der Waals surface area contributed by atoms with E-state index in [1.165, 1.54) is 0 Å². The van der Waals surface area contributed by atoms with E-state index in [0.717, 1.165) is 22.1 Å². The van der Waals surface area contributed by atoms with Crippen molar-refractivity contribution in [3.05, 3.63) is 40.4 Å². The molecule has 0 aliphatic carbocycles. The van der Waals surface area contributed by atoms with Crippen molar-refractivity contribution in [3.8, 4) is 0 Å². The maximum Gasteiger partial charge on any atom is 0.233 e. The minimum absolute atomic E-state index is 0.0848. The number of sulfonamides is 1. The third-order valence-electron chi connectivity index (χ3n) is 3.08. The third kappa shape index (κ3) is 5.47. The van der Waals surface area contributed by atoms with Crippen molar-refractivity contribution in [1.82, 2.24) is 10.2 Å².